The van der Waals surface area contributed by atoms with Crippen molar-refractivity contribution in [2.24, 2.45) is 12.8 Å². The zero-order valence-corrected chi connectivity index (χ0v) is 11.6. The molecule has 0 aliphatic heterocycles. The average molecular weight is 294 g/mol. The fourth-order valence-corrected chi connectivity index (χ4v) is 2.44. The standard InChI is InChI=1S/C13H16BrN3/c1-9-11(8-17(2)16-9)13(15)7-10-5-3-4-6-12(10)14/h3-6,8,13H,7,15H2,1-2H3. The first-order valence-electron chi connectivity index (χ1n) is 5.57. The van der Waals surface area contributed by atoms with Crippen molar-refractivity contribution in [2.45, 2.75) is 19.4 Å². The van der Waals surface area contributed by atoms with Gasteiger partial charge in [-0.15, -0.1) is 0 Å². The minimum atomic E-state index is -0.0117. The Kier molecular flexibility index (Phi) is 3.64. The fourth-order valence-electron chi connectivity index (χ4n) is 1.99. The van der Waals surface area contributed by atoms with Crippen LogP contribution in [0.4, 0.5) is 0 Å². The maximum absolute atomic E-state index is 6.24. The lowest BCUT2D eigenvalue weighted by Gasteiger charge is -2.12. The van der Waals surface area contributed by atoms with Crippen molar-refractivity contribution in [1.82, 2.24) is 9.78 Å². The Morgan fingerprint density at radius 1 is 1.41 bits per heavy atom. The summed E-state index contributed by atoms with van der Waals surface area (Å²) in [6, 6.07) is 8.16. The smallest absolute Gasteiger partial charge is 0.0641 e. The Hall–Kier alpha value is -1.13. The zero-order chi connectivity index (χ0) is 12.4. The van der Waals surface area contributed by atoms with Crippen LogP contribution in [0.5, 0.6) is 0 Å². The summed E-state index contributed by atoms with van der Waals surface area (Å²) in [4.78, 5) is 0. The molecule has 0 radical (unpaired) electrons. The maximum atomic E-state index is 6.24. The highest BCUT2D eigenvalue weighted by Gasteiger charge is 2.13. The molecule has 2 rings (SSSR count). The number of rotatable bonds is 3. The summed E-state index contributed by atoms with van der Waals surface area (Å²) < 4.78 is 2.92. The molecule has 1 atom stereocenters. The lowest BCUT2D eigenvalue weighted by atomic mass is 10.0. The van der Waals surface area contributed by atoms with E-state index in [4.69, 9.17) is 5.73 Å². The normalized spacial score (nSPS) is 12.7. The number of benzene rings is 1. The molecule has 90 valence electrons. The molecule has 1 heterocycles. The Morgan fingerprint density at radius 3 is 2.71 bits per heavy atom. The molecule has 1 unspecified atom stereocenters. The van der Waals surface area contributed by atoms with Gasteiger partial charge in [0.25, 0.3) is 0 Å². The van der Waals surface area contributed by atoms with E-state index >= 15 is 0 Å². The van der Waals surface area contributed by atoms with E-state index in [1.165, 1.54) is 5.56 Å². The second kappa shape index (κ2) is 5.02. The second-order valence-corrected chi connectivity index (χ2v) is 5.10. The minimum Gasteiger partial charge on any atom is -0.324 e. The van der Waals surface area contributed by atoms with Gasteiger partial charge in [0.1, 0.15) is 0 Å². The monoisotopic (exact) mass is 293 g/mol. The van der Waals surface area contributed by atoms with Gasteiger partial charge in [-0.1, -0.05) is 34.1 Å². The van der Waals surface area contributed by atoms with Crippen LogP contribution in [0.2, 0.25) is 0 Å². The highest BCUT2D eigenvalue weighted by atomic mass is 79.9. The van der Waals surface area contributed by atoms with Crippen molar-refractivity contribution in [3.05, 3.63) is 51.8 Å². The molecule has 17 heavy (non-hydrogen) atoms. The number of hydrogen-bond donors (Lipinski definition) is 1. The molecule has 2 aromatic rings. The van der Waals surface area contributed by atoms with E-state index in [0.717, 1.165) is 22.2 Å². The number of nitrogens with two attached hydrogens (primary N) is 1. The van der Waals surface area contributed by atoms with Crippen molar-refractivity contribution in [3.63, 3.8) is 0 Å². The molecular weight excluding hydrogens is 278 g/mol. The molecule has 3 nitrogen and oxygen atoms in total. The Labute approximate surface area is 110 Å². The van der Waals surface area contributed by atoms with E-state index in [-0.39, 0.29) is 6.04 Å². The first-order valence-corrected chi connectivity index (χ1v) is 6.36. The van der Waals surface area contributed by atoms with Crippen molar-refractivity contribution >= 4 is 15.9 Å². The SMILES string of the molecule is Cc1nn(C)cc1C(N)Cc1ccccc1Br. The topological polar surface area (TPSA) is 43.8 Å². The Balaban J connectivity index is 2.20. The summed E-state index contributed by atoms with van der Waals surface area (Å²) in [5.74, 6) is 0. The van der Waals surface area contributed by atoms with Crippen molar-refractivity contribution in [1.29, 1.82) is 0 Å². The number of halogens is 1. The molecule has 0 spiro atoms. The number of hydrogen-bond acceptors (Lipinski definition) is 2. The highest BCUT2D eigenvalue weighted by molar-refractivity contribution is 9.10. The molecule has 0 fully saturated rings. The molecule has 0 aliphatic carbocycles. The largest absolute Gasteiger partial charge is 0.324 e. The van der Waals surface area contributed by atoms with Gasteiger partial charge in [0.05, 0.1) is 5.69 Å². The maximum Gasteiger partial charge on any atom is 0.0641 e. The third-order valence-electron chi connectivity index (χ3n) is 2.85. The van der Waals surface area contributed by atoms with E-state index in [9.17, 15) is 0 Å². The number of aryl methyl sites for hydroxylation is 2. The van der Waals surface area contributed by atoms with Crippen LogP contribution in [-0.2, 0) is 13.5 Å². The molecule has 0 aliphatic rings. The quantitative estimate of drug-likeness (QED) is 0.946. The lowest BCUT2D eigenvalue weighted by Crippen LogP contribution is -2.14. The predicted molar refractivity (Wildman–Crippen MR) is 72.7 cm³/mol. The molecule has 1 aromatic carbocycles. The summed E-state index contributed by atoms with van der Waals surface area (Å²) in [6.07, 6.45) is 2.81. The van der Waals surface area contributed by atoms with Gasteiger partial charge in [0, 0.05) is 29.3 Å². The van der Waals surface area contributed by atoms with Crippen LogP contribution in [0.1, 0.15) is 22.9 Å². The molecule has 1 aromatic heterocycles. The summed E-state index contributed by atoms with van der Waals surface area (Å²) in [7, 11) is 1.92. The van der Waals surface area contributed by atoms with Crippen LogP contribution in [0, 0.1) is 6.92 Å². The highest BCUT2D eigenvalue weighted by Crippen LogP contribution is 2.23. The average Bonchev–Trinajstić information content (AvgIpc) is 2.61. The number of aromatic nitrogens is 2. The van der Waals surface area contributed by atoms with E-state index in [1.807, 2.05) is 43.0 Å². The van der Waals surface area contributed by atoms with Gasteiger partial charge >= 0.3 is 0 Å². The lowest BCUT2D eigenvalue weighted by molar-refractivity contribution is 0.713. The Morgan fingerprint density at radius 2 is 2.12 bits per heavy atom. The van der Waals surface area contributed by atoms with Crippen molar-refractivity contribution in [2.75, 3.05) is 0 Å². The molecule has 0 bridgehead atoms. The molecule has 4 heteroatoms. The molecule has 0 saturated heterocycles. The number of nitrogens with zero attached hydrogens (tertiary/aromatic N) is 2. The van der Waals surface area contributed by atoms with Gasteiger partial charge in [-0.05, 0) is 25.0 Å². The first kappa shape index (κ1) is 12.3. The molecular formula is C13H16BrN3. The van der Waals surface area contributed by atoms with E-state index < -0.39 is 0 Å². The van der Waals surface area contributed by atoms with Gasteiger partial charge in [-0.2, -0.15) is 5.10 Å². The molecule has 0 saturated carbocycles. The summed E-state index contributed by atoms with van der Waals surface area (Å²) in [6.45, 7) is 2.00. The predicted octanol–water partition coefficient (Wildman–Crippen LogP) is 2.73. The van der Waals surface area contributed by atoms with Crippen LogP contribution in [0.3, 0.4) is 0 Å². The third-order valence-corrected chi connectivity index (χ3v) is 3.62. The van der Waals surface area contributed by atoms with Crippen molar-refractivity contribution in [3.8, 4) is 0 Å². The van der Waals surface area contributed by atoms with Crippen molar-refractivity contribution < 1.29 is 0 Å². The van der Waals surface area contributed by atoms with E-state index in [0.29, 0.717) is 0 Å². The Bertz CT molecular complexity index is 519. The van der Waals surface area contributed by atoms with E-state index in [1.54, 1.807) is 0 Å². The van der Waals surface area contributed by atoms with Crippen LogP contribution >= 0.6 is 15.9 Å². The van der Waals surface area contributed by atoms with Crippen LogP contribution in [0.15, 0.2) is 34.9 Å². The fraction of sp³-hybridized carbons (Fsp3) is 0.308. The van der Waals surface area contributed by atoms with Gasteiger partial charge < -0.3 is 5.73 Å². The summed E-state index contributed by atoms with van der Waals surface area (Å²) in [5, 5.41) is 4.32. The van der Waals surface area contributed by atoms with Gasteiger partial charge in [-0.3, -0.25) is 4.68 Å². The minimum absolute atomic E-state index is 0.0117. The molecule has 2 N–H and O–H groups in total. The van der Waals surface area contributed by atoms with Crippen LogP contribution < -0.4 is 5.73 Å². The first-order chi connectivity index (χ1) is 8.08. The van der Waals surface area contributed by atoms with Gasteiger partial charge in [0.15, 0.2) is 0 Å². The van der Waals surface area contributed by atoms with Gasteiger partial charge in [0.2, 0.25) is 0 Å². The van der Waals surface area contributed by atoms with Gasteiger partial charge in [-0.25, -0.2) is 0 Å². The molecule has 0 amide bonds. The summed E-state index contributed by atoms with van der Waals surface area (Å²) in [5.41, 5.74) is 9.58. The van der Waals surface area contributed by atoms with E-state index in [2.05, 4.69) is 27.1 Å². The van der Waals surface area contributed by atoms with Crippen LogP contribution in [-0.4, -0.2) is 9.78 Å². The summed E-state index contributed by atoms with van der Waals surface area (Å²) >= 11 is 3.54. The zero-order valence-electron chi connectivity index (χ0n) is 10.0. The third kappa shape index (κ3) is 2.76. The van der Waals surface area contributed by atoms with Crippen LogP contribution in [0.25, 0.3) is 0 Å². The second-order valence-electron chi connectivity index (χ2n) is 4.25.